The van der Waals surface area contributed by atoms with Crippen molar-refractivity contribution in [1.82, 2.24) is 19.1 Å². The lowest BCUT2D eigenvalue weighted by molar-refractivity contribution is -0.123. The summed E-state index contributed by atoms with van der Waals surface area (Å²) in [4.78, 5) is 20.4. The number of hydrogen-bond acceptors (Lipinski definition) is 7. The van der Waals surface area contributed by atoms with Gasteiger partial charge in [-0.2, -0.15) is 9.40 Å². The largest absolute Gasteiger partial charge is 0.286 e. The van der Waals surface area contributed by atoms with E-state index < -0.39 is 15.9 Å². The third kappa shape index (κ3) is 5.08. The molecule has 4 aromatic rings. The molecule has 1 amide bonds. The lowest BCUT2D eigenvalue weighted by Gasteiger charge is -2.33. The summed E-state index contributed by atoms with van der Waals surface area (Å²) in [5, 5.41) is 5.15. The Labute approximate surface area is 223 Å². The Morgan fingerprint density at radius 1 is 1.19 bits per heavy atom. The van der Waals surface area contributed by atoms with Crippen molar-refractivity contribution in [1.29, 1.82) is 0 Å². The molecule has 1 atom stereocenters. The highest BCUT2D eigenvalue weighted by Gasteiger charge is 2.36. The molecule has 0 N–H and O–H groups in total. The maximum Gasteiger partial charge on any atom is 0.252 e. The first kappa shape index (κ1) is 25.3. The lowest BCUT2D eigenvalue weighted by atomic mass is 9.98. The highest BCUT2D eigenvalue weighted by Crippen LogP contribution is 2.33. The van der Waals surface area contributed by atoms with Crippen LogP contribution in [0, 0.1) is 19.8 Å². The Morgan fingerprint density at radius 3 is 2.69 bits per heavy atom. The number of piperidine rings is 1. The number of thiazole rings is 1. The number of para-hydroxylation sites is 1. The molecule has 1 unspecified atom stereocenters. The molecule has 1 aliphatic heterocycles. The second-order valence-electron chi connectivity index (χ2n) is 8.87. The molecule has 5 rings (SSSR count). The van der Waals surface area contributed by atoms with Crippen LogP contribution in [0.4, 0.5) is 5.13 Å². The van der Waals surface area contributed by atoms with Crippen LogP contribution in [0.25, 0.3) is 10.2 Å². The molecule has 8 nitrogen and oxygen atoms in total. The zero-order chi connectivity index (χ0) is 25.4. The zero-order valence-electron chi connectivity index (χ0n) is 19.9. The van der Waals surface area contributed by atoms with Crippen molar-refractivity contribution in [2.24, 2.45) is 5.92 Å². The van der Waals surface area contributed by atoms with Crippen molar-refractivity contribution in [2.75, 3.05) is 24.5 Å². The topological polar surface area (TPSA) is 88.4 Å². The second kappa shape index (κ2) is 10.2. The fourth-order valence-electron chi connectivity index (χ4n) is 4.52. The third-order valence-electron chi connectivity index (χ3n) is 6.29. The summed E-state index contributed by atoms with van der Waals surface area (Å²) >= 11 is 8.49. The van der Waals surface area contributed by atoms with E-state index in [0.29, 0.717) is 41.9 Å². The molecule has 12 heteroatoms. The van der Waals surface area contributed by atoms with Crippen LogP contribution in [0.3, 0.4) is 0 Å². The van der Waals surface area contributed by atoms with E-state index >= 15 is 0 Å². The maximum absolute atomic E-state index is 13.9. The molecule has 1 aromatic carbocycles. The Bertz CT molecular complexity index is 1480. The minimum absolute atomic E-state index is 0.111. The number of halogens is 1. The van der Waals surface area contributed by atoms with Gasteiger partial charge in [-0.25, -0.2) is 13.4 Å². The first-order chi connectivity index (χ1) is 17.2. The van der Waals surface area contributed by atoms with Crippen LogP contribution in [0.15, 0.2) is 46.7 Å². The average molecular weight is 564 g/mol. The number of amides is 1. The van der Waals surface area contributed by atoms with Gasteiger partial charge < -0.3 is 0 Å². The standard InChI is InChI=1S/C24H26ClN5O3S3/c1-16-14-17(2)30(27-16)13-12-29(24-26-19-7-3-4-8-20(19)34-24)23(31)18-6-5-11-28(15-18)36(32,33)22-10-9-21(25)35-22/h3-4,7-10,14,18H,5-6,11-13,15H2,1-2H3. The first-order valence-corrected chi connectivity index (χ1v) is 15.1. The highest BCUT2D eigenvalue weighted by atomic mass is 35.5. The van der Waals surface area contributed by atoms with E-state index in [4.69, 9.17) is 16.6 Å². The van der Waals surface area contributed by atoms with Crippen molar-refractivity contribution in [3.8, 4) is 0 Å². The minimum Gasteiger partial charge on any atom is -0.286 e. The van der Waals surface area contributed by atoms with Gasteiger partial charge in [0.2, 0.25) is 5.91 Å². The second-order valence-corrected chi connectivity index (χ2v) is 13.8. The molecule has 1 fully saturated rings. The molecule has 190 valence electrons. The average Bonchev–Trinajstić information content (AvgIpc) is 3.57. The Morgan fingerprint density at radius 2 is 2.00 bits per heavy atom. The number of anilines is 1. The van der Waals surface area contributed by atoms with E-state index in [-0.39, 0.29) is 16.7 Å². The molecule has 1 aliphatic rings. The highest BCUT2D eigenvalue weighted by molar-refractivity contribution is 7.91. The fourth-order valence-corrected chi connectivity index (χ4v) is 8.68. The van der Waals surface area contributed by atoms with Crippen LogP contribution in [0.2, 0.25) is 4.34 Å². The molecule has 0 spiro atoms. The summed E-state index contributed by atoms with van der Waals surface area (Å²) in [6.45, 7) is 5.36. The van der Waals surface area contributed by atoms with Crippen LogP contribution < -0.4 is 4.90 Å². The lowest BCUT2D eigenvalue weighted by Crippen LogP contribution is -2.47. The zero-order valence-corrected chi connectivity index (χ0v) is 23.1. The maximum atomic E-state index is 13.9. The van der Waals surface area contributed by atoms with Gasteiger partial charge >= 0.3 is 0 Å². The van der Waals surface area contributed by atoms with Gasteiger partial charge in [-0.05, 0) is 57.0 Å². The number of thiophene rings is 1. The van der Waals surface area contributed by atoms with Gasteiger partial charge in [0.1, 0.15) is 4.21 Å². The minimum atomic E-state index is -3.71. The Hall–Kier alpha value is -2.31. The SMILES string of the molecule is Cc1cc(C)n(CCN(C(=O)C2CCCN(S(=O)(=O)c3ccc(Cl)s3)C2)c2nc3ccccc3s2)n1. The summed E-state index contributed by atoms with van der Waals surface area (Å²) in [7, 11) is -3.71. The first-order valence-electron chi connectivity index (χ1n) is 11.7. The van der Waals surface area contributed by atoms with Crippen LogP contribution in [0.1, 0.15) is 24.2 Å². The number of hydrogen-bond donors (Lipinski definition) is 0. The predicted octanol–water partition coefficient (Wildman–Crippen LogP) is 4.96. The number of benzene rings is 1. The van der Waals surface area contributed by atoms with Gasteiger partial charge in [-0.1, -0.05) is 35.1 Å². The molecule has 0 bridgehead atoms. The number of sulfonamides is 1. The monoisotopic (exact) mass is 563 g/mol. The van der Waals surface area contributed by atoms with E-state index in [1.165, 1.54) is 21.7 Å². The smallest absolute Gasteiger partial charge is 0.252 e. The number of rotatable bonds is 7. The number of carbonyl (C=O) groups excluding carboxylic acids is 1. The summed E-state index contributed by atoms with van der Waals surface area (Å²) < 4.78 is 31.3. The summed E-state index contributed by atoms with van der Waals surface area (Å²) in [6, 6.07) is 12.9. The van der Waals surface area contributed by atoms with Crippen molar-refractivity contribution < 1.29 is 13.2 Å². The normalized spacial score (nSPS) is 17.0. The van der Waals surface area contributed by atoms with Crippen molar-refractivity contribution in [3.63, 3.8) is 0 Å². The van der Waals surface area contributed by atoms with Gasteiger partial charge in [-0.3, -0.25) is 14.4 Å². The molecule has 0 aliphatic carbocycles. The summed E-state index contributed by atoms with van der Waals surface area (Å²) in [6.07, 6.45) is 1.23. The molecule has 1 saturated heterocycles. The van der Waals surface area contributed by atoms with E-state index in [2.05, 4.69) is 5.10 Å². The van der Waals surface area contributed by atoms with E-state index in [1.807, 2.05) is 48.9 Å². The number of nitrogens with zero attached hydrogens (tertiary/aromatic N) is 5. The molecule has 0 saturated carbocycles. The molecule has 0 radical (unpaired) electrons. The summed E-state index contributed by atoms with van der Waals surface area (Å²) in [5.74, 6) is -0.573. The quantitative estimate of drug-likeness (QED) is 0.317. The number of aromatic nitrogens is 3. The third-order valence-corrected chi connectivity index (χ3v) is 10.9. The van der Waals surface area contributed by atoms with Crippen LogP contribution in [0.5, 0.6) is 0 Å². The Balaban J connectivity index is 1.41. The molecule has 4 heterocycles. The molecule has 36 heavy (non-hydrogen) atoms. The Kier molecular flexibility index (Phi) is 7.19. The van der Waals surface area contributed by atoms with E-state index in [1.54, 1.807) is 11.0 Å². The van der Waals surface area contributed by atoms with Crippen LogP contribution in [-0.2, 0) is 21.4 Å². The van der Waals surface area contributed by atoms with E-state index in [0.717, 1.165) is 32.9 Å². The molecular formula is C24H26ClN5O3S3. The molecular weight excluding hydrogens is 538 g/mol. The number of fused-ring (bicyclic) bond motifs is 1. The predicted molar refractivity (Wildman–Crippen MR) is 144 cm³/mol. The van der Waals surface area contributed by atoms with Gasteiger partial charge in [-0.15, -0.1) is 11.3 Å². The van der Waals surface area contributed by atoms with Gasteiger partial charge in [0, 0.05) is 25.3 Å². The summed E-state index contributed by atoms with van der Waals surface area (Å²) in [5.41, 5.74) is 2.78. The fraction of sp³-hybridized carbons (Fsp3) is 0.375. The van der Waals surface area contributed by atoms with Gasteiger partial charge in [0.15, 0.2) is 5.13 Å². The van der Waals surface area contributed by atoms with Gasteiger partial charge in [0.05, 0.1) is 32.7 Å². The van der Waals surface area contributed by atoms with Crippen LogP contribution in [-0.4, -0.2) is 53.0 Å². The number of carbonyl (C=O) groups is 1. The van der Waals surface area contributed by atoms with Crippen molar-refractivity contribution >= 4 is 65.6 Å². The molecule has 3 aromatic heterocycles. The number of aryl methyl sites for hydroxylation is 2. The van der Waals surface area contributed by atoms with Gasteiger partial charge in [0.25, 0.3) is 10.0 Å². The van der Waals surface area contributed by atoms with Crippen molar-refractivity contribution in [3.05, 3.63) is 58.2 Å². The van der Waals surface area contributed by atoms with Crippen LogP contribution >= 0.6 is 34.3 Å². The van der Waals surface area contributed by atoms with E-state index in [9.17, 15) is 13.2 Å². The van der Waals surface area contributed by atoms with Crippen molar-refractivity contribution in [2.45, 2.75) is 37.4 Å².